The zero-order valence-electron chi connectivity index (χ0n) is 31.2. The first-order valence-electron chi connectivity index (χ1n) is 12.6. The van der Waals surface area contributed by atoms with Gasteiger partial charge in [-0.1, -0.05) is 87.8 Å². The Hall–Kier alpha value is -3.63. The highest BCUT2D eigenvalue weighted by Crippen LogP contribution is 1.99. The number of aliphatic imine (C=N–C) groups is 1. The molecule has 0 aliphatic carbocycles. The van der Waals surface area contributed by atoms with E-state index in [1.165, 1.54) is 19.9 Å². The van der Waals surface area contributed by atoms with Crippen LogP contribution in [0.2, 0.25) is 0 Å². The molecule has 0 amide bonds. The molecule has 1 aromatic carbocycles. The minimum atomic E-state index is 0. The number of alkyl halides is 3. The predicted octanol–water partition coefficient (Wildman–Crippen LogP) is 7.80. The highest BCUT2D eigenvalue weighted by atomic mass is 79.9. The Morgan fingerprint density at radius 3 is 1.26 bits per heavy atom. The number of nitrogens with zero attached hydrogens (tertiary/aromatic N) is 8. The van der Waals surface area contributed by atoms with Crippen molar-refractivity contribution in [2.75, 3.05) is 68.9 Å². The number of methoxy groups -OCH3 is 1. The monoisotopic (exact) mass is 770 g/mol. The molecule has 0 heterocycles. The van der Waals surface area contributed by atoms with Gasteiger partial charge in [0.1, 0.15) is 13.7 Å². The Kier molecular flexibility index (Phi) is 314. The number of hydrogen-bond acceptors (Lipinski definition) is 14. The van der Waals surface area contributed by atoms with Gasteiger partial charge in [0.15, 0.2) is 0 Å². The molecule has 47 heavy (non-hydrogen) atoms. The molecule has 4 N–H and O–H groups in total. The van der Waals surface area contributed by atoms with E-state index in [0.717, 1.165) is 5.56 Å². The first-order valence-corrected chi connectivity index (χ1v) is 15.0. The van der Waals surface area contributed by atoms with Gasteiger partial charge in [0.05, 0.1) is 7.18 Å². The Morgan fingerprint density at radius 2 is 1.13 bits per heavy atom. The number of oxime groups is 3. The van der Waals surface area contributed by atoms with Crippen molar-refractivity contribution in [2.24, 2.45) is 41.6 Å². The smallest absolute Gasteiger partial charge is 0.142 e. The molecule has 1 rings (SSSR count). The molecular formula is C30H73BrClFN10O4. The second-order valence-corrected chi connectivity index (χ2v) is 5.33. The van der Waals surface area contributed by atoms with Crippen LogP contribution < -0.4 is 11.3 Å². The summed E-state index contributed by atoms with van der Waals surface area (Å²) in [5.41, 5.74) is 3.55. The average molecular weight is 772 g/mol. The standard InChI is InChI=1S/C8H9NO.C3H8N2.C3H8.C2H6N2.C2H5NO.C2H5N.C2H6O.C2H6.CH3Br.CH3Cl.CH3F.CH4N2.CH3NO.CH4/c1-9-10-7-8-5-3-2-4-6-8;1-4-5(2)3;1-3-2;2*1-3-4-2;2*1-3-2;4*1-2;1-3-2;1-2-3;/h2-6H,1,7H2;1H2,2-3H3;3H2,1-2H3;4H,1H2,2H3;1H2,2H3;1H2,2H3;1-2H3;1-2H3;3*1H3;1-2H2;3H,1H2;1H4. The molecule has 0 atom stereocenters. The van der Waals surface area contributed by atoms with E-state index < -0.39 is 0 Å². The topological polar surface area (TPSA) is 176 Å². The van der Waals surface area contributed by atoms with Crippen molar-refractivity contribution in [3.63, 3.8) is 0 Å². The largest absolute Gasteiger partial charge is 0.411 e. The fourth-order valence-corrected chi connectivity index (χ4v) is 0.694. The molecule has 0 spiro atoms. The van der Waals surface area contributed by atoms with E-state index in [1.807, 2.05) is 64.1 Å². The number of rotatable bonds is 6. The Bertz CT molecular complexity index is 550. The summed E-state index contributed by atoms with van der Waals surface area (Å²) < 4.78 is 13.8. The van der Waals surface area contributed by atoms with Gasteiger partial charge in [0.25, 0.3) is 0 Å². The Morgan fingerprint density at radius 1 is 0.915 bits per heavy atom. The normalized spacial score (nSPS) is 5.55. The van der Waals surface area contributed by atoms with Crippen molar-refractivity contribution < 1.29 is 24.0 Å². The molecule has 0 bridgehead atoms. The summed E-state index contributed by atoms with van der Waals surface area (Å²) in [4.78, 5) is 12.0. The summed E-state index contributed by atoms with van der Waals surface area (Å²) in [6, 6.07) is 9.84. The molecule has 1 aromatic rings. The lowest BCUT2D eigenvalue weighted by Gasteiger charge is -1.97. The van der Waals surface area contributed by atoms with Crippen molar-refractivity contribution in [3.8, 4) is 0 Å². The molecule has 0 aromatic heterocycles. The van der Waals surface area contributed by atoms with Crippen LogP contribution in [0.25, 0.3) is 0 Å². The van der Waals surface area contributed by atoms with Gasteiger partial charge < -0.3 is 40.9 Å². The van der Waals surface area contributed by atoms with Crippen molar-refractivity contribution in [2.45, 2.75) is 48.1 Å². The average Bonchev–Trinajstić information content (AvgIpc) is 3.10. The van der Waals surface area contributed by atoms with Crippen LogP contribution in [0.5, 0.6) is 0 Å². The number of hydrazone groups is 3. The van der Waals surface area contributed by atoms with Crippen molar-refractivity contribution >= 4 is 74.6 Å². The highest BCUT2D eigenvalue weighted by molar-refractivity contribution is 9.08. The molecule has 0 aliphatic heterocycles. The third kappa shape index (κ3) is 451. The fraction of sp³-hybridized carbons (Fsp3) is 0.567. The van der Waals surface area contributed by atoms with Gasteiger partial charge in [-0.25, -0.2) is 0 Å². The van der Waals surface area contributed by atoms with Crippen molar-refractivity contribution in [1.29, 1.82) is 0 Å². The van der Waals surface area contributed by atoms with Crippen LogP contribution in [0.4, 0.5) is 4.39 Å². The van der Waals surface area contributed by atoms with Crippen LogP contribution in [-0.2, 0) is 21.0 Å². The lowest BCUT2D eigenvalue weighted by atomic mass is 10.2. The zero-order chi connectivity index (χ0) is 39.9. The molecule has 0 saturated carbocycles. The van der Waals surface area contributed by atoms with Crippen LogP contribution in [-0.4, -0.2) is 126 Å². The molecule has 288 valence electrons. The maximum atomic E-state index is 9.50. The number of nitrogens with one attached hydrogen (secondary N) is 1. The third-order valence-corrected chi connectivity index (χ3v) is 1.74. The summed E-state index contributed by atoms with van der Waals surface area (Å²) in [6.07, 6.45) is 2.72. The molecule has 0 fully saturated rings. The Balaban J connectivity index is -0.0000000254. The minimum absolute atomic E-state index is 0. The van der Waals surface area contributed by atoms with E-state index in [4.69, 9.17) is 10.0 Å². The van der Waals surface area contributed by atoms with E-state index >= 15 is 0 Å². The van der Waals surface area contributed by atoms with Gasteiger partial charge in [-0.2, -0.15) is 15.3 Å². The molecule has 0 radical (unpaired) electrons. The van der Waals surface area contributed by atoms with Gasteiger partial charge in [0, 0.05) is 89.1 Å². The number of ether oxygens (including phenoxy) is 1. The summed E-state index contributed by atoms with van der Waals surface area (Å²) in [7, 11) is 12.2. The molecule has 0 unspecified atom stereocenters. The molecule has 17 heteroatoms. The van der Waals surface area contributed by atoms with Gasteiger partial charge >= 0.3 is 0 Å². The van der Waals surface area contributed by atoms with E-state index in [0.29, 0.717) is 13.8 Å². The van der Waals surface area contributed by atoms with E-state index in [-0.39, 0.29) is 7.43 Å². The first-order chi connectivity index (χ1) is 22.1. The van der Waals surface area contributed by atoms with E-state index in [9.17, 15) is 4.39 Å². The maximum Gasteiger partial charge on any atom is 0.142 e. The van der Waals surface area contributed by atoms with Gasteiger partial charge in [-0.3, -0.25) is 4.39 Å². The zero-order valence-corrected chi connectivity index (χ0v) is 33.6. The van der Waals surface area contributed by atoms with Crippen LogP contribution in [0.15, 0.2) is 66.1 Å². The molecule has 14 nitrogen and oxygen atoms in total. The van der Waals surface area contributed by atoms with Crippen LogP contribution >= 0.6 is 27.5 Å². The van der Waals surface area contributed by atoms with Crippen molar-refractivity contribution in [1.82, 2.24) is 10.4 Å². The second-order valence-electron chi connectivity index (χ2n) is 5.33. The quantitative estimate of drug-likeness (QED) is 0.0869. The number of hydrogen-bond donors (Lipinski definition) is 3. The van der Waals surface area contributed by atoms with Crippen LogP contribution in [0.3, 0.4) is 0 Å². The van der Waals surface area contributed by atoms with Crippen molar-refractivity contribution in [3.05, 3.63) is 35.9 Å². The number of halogens is 3. The van der Waals surface area contributed by atoms with Gasteiger partial charge in [-0.05, 0) is 18.1 Å². The van der Waals surface area contributed by atoms with E-state index in [2.05, 4.69) is 145 Å². The lowest BCUT2D eigenvalue weighted by Crippen LogP contribution is -1.98. The second kappa shape index (κ2) is 175. The summed E-state index contributed by atoms with van der Waals surface area (Å²) in [5, 5.41) is 26.7. The summed E-state index contributed by atoms with van der Waals surface area (Å²) in [5.74, 6) is 6.17. The third-order valence-electron chi connectivity index (χ3n) is 1.74. The summed E-state index contributed by atoms with van der Waals surface area (Å²) >= 11 is 7.58. The van der Waals surface area contributed by atoms with Gasteiger partial charge in [0.2, 0.25) is 0 Å². The SMILES string of the molecule is C.C=NC.C=NN.C=NN(C)C.C=NNC.C=NO.C=NOC.C=NOCc1ccccc1.CBr.CC.CCC.CCl.CF.COC. The fourth-order valence-electron chi connectivity index (χ4n) is 0.694. The number of benzene rings is 1. The first kappa shape index (κ1) is 84.4. The highest BCUT2D eigenvalue weighted by Gasteiger charge is 1.87. The molecule has 0 saturated heterocycles. The van der Waals surface area contributed by atoms with Crippen LogP contribution in [0, 0.1) is 0 Å². The maximum absolute atomic E-state index is 9.50. The number of nitrogens with two attached hydrogens (primary N) is 1. The van der Waals surface area contributed by atoms with Gasteiger partial charge in [-0.15, -0.1) is 27.1 Å². The lowest BCUT2D eigenvalue weighted by molar-refractivity contribution is 0.133. The summed E-state index contributed by atoms with van der Waals surface area (Å²) in [6.45, 7) is 30.0. The minimum Gasteiger partial charge on any atom is -0.411 e. The predicted molar refractivity (Wildman–Crippen MR) is 220 cm³/mol. The van der Waals surface area contributed by atoms with E-state index in [1.54, 1.807) is 33.3 Å². The Labute approximate surface area is 302 Å². The van der Waals surface area contributed by atoms with Crippen LogP contribution in [0.1, 0.15) is 47.1 Å². The molecule has 0 aliphatic rings. The molecular weight excluding hydrogens is 699 g/mol.